The molecule has 0 bridgehead atoms. The Hall–Kier alpha value is -1.93. The van der Waals surface area contributed by atoms with Crippen LogP contribution in [0.4, 0.5) is 5.13 Å². The van der Waals surface area contributed by atoms with Crippen molar-refractivity contribution >= 4 is 40.0 Å². The molecule has 1 N–H and O–H groups in total. The van der Waals surface area contributed by atoms with Gasteiger partial charge in [0.25, 0.3) is 0 Å². The molecule has 2 aliphatic rings. The van der Waals surface area contributed by atoms with Crippen molar-refractivity contribution in [1.29, 1.82) is 0 Å². The van der Waals surface area contributed by atoms with E-state index in [1.165, 1.54) is 16.9 Å². The van der Waals surface area contributed by atoms with Gasteiger partial charge >= 0.3 is 0 Å². The standard InChI is InChI=1S/C19H22N4O2S2/c24-16(14-8-10-23(11-9-14)17(25)15-6-7-15)20-18-21-22-19(27-18)26-12-13-4-2-1-3-5-13/h1-5,14-15H,6-12H2,(H,20,21,24). The fourth-order valence-corrected chi connectivity index (χ4v) is 4.91. The lowest BCUT2D eigenvalue weighted by Crippen LogP contribution is -2.42. The molecule has 27 heavy (non-hydrogen) atoms. The van der Waals surface area contributed by atoms with Gasteiger partial charge in [0.15, 0.2) is 4.34 Å². The van der Waals surface area contributed by atoms with Gasteiger partial charge in [-0.25, -0.2) is 0 Å². The molecule has 142 valence electrons. The molecule has 2 aromatic rings. The first kappa shape index (κ1) is 18.4. The number of amides is 2. The number of nitrogens with zero attached hydrogens (tertiary/aromatic N) is 3. The summed E-state index contributed by atoms with van der Waals surface area (Å²) in [6.45, 7) is 1.36. The zero-order valence-corrected chi connectivity index (χ0v) is 16.6. The van der Waals surface area contributed by atoms with Gasteiger partial charge in [-0.05, 0) is 31.2 Å². The van der Waals surface area contributed by atoms with Crippen molar-refractivity contribution in [2.75, 3.05) is 18.4 Å². The fraction of sp³-hybridized carbons (Fsp3) is 0.474. The van der Waals surface area contributed by atoms with E-state index in [-0.39, 0.29) is 23.7 Å². The molecule has 1 aromatic heterocycles. The summed E-state index contributed by atoms with van der Waals surface area (Å²) in [6.07, 6.45) is 3.50. The molecule has 0 spiro atoms. The number of benzene rings is 1. The quantitative estimate of drug-likeness (QED) is 0.592. The Kier molecular flexibility index (Phi) is 5.73. The van der Waals surface area contributed by atoms with Crippen LogP contribution in [0.5, 0.6) is 0 Å². The molecule has 4 rings (SSSR count). The Balaban J connectivity index is 1.24. The third kappa shape index (κ3) is 4.87. The molecule has 8 heteroatoms. The van der Waals surface area contributed by atoms with Gasteiger partial charge in [0.05, 0.1) is 0 Å². The molecule has 2 fully saturated rings. The summed E-state index contributed by atoms with van der Waals surface area (Å²) in [7, 11) is 0. The molecule has 1 aromatic carbocycles. The van der Waals surface area contributed by atoms with Crippen molar-refractivity contribution in [2.45, 2.75) is 35.8 Å². The molecule has 0 radical (unpaired) electrons. The van der Waals surface area contributed by atoms with Gasteiger partial charge in [0, 0.05) is 30.7 Å². The second-order valence-electron chi connectivity index (χ2n) is 7.01. The first-order valence-corrected chi connectivity index (χ1v) is 11.1. The highest BCUT2D eigenvalue weighted by Crippen LogP contribution is 2.33. The van der Waals surface area contributed by atoms with Gasteiger partial charge in [-0.1, -0.05) is 53.4 Å². The molecule has 1 saturated carbocycles. The van der Waals surface area contributed by atoms with Crippen molar-refractivity contribution < 1.29 is 9.59 Å². The molecular weight excluding hydrogens is 380 g/mol. The topological polar surface area (TPSA) is 75.2 Å². The Morgan fingerprint density at radius 2 is 1.81 bits per heavy atom. The molecule has 0 atom stereocenters. The predicted octanol–water partition coefficient (Wildman–Crippen LogP) is 3.42. The van der Waals surface area contributed by atoms with Crippen molar-refractivity contribution in [3.63, 3.8) is 0 Å². The number of thioether (sulfide) groups is 1. The third-order valence-electron chi connectivity index (χ3n) is 4.95. The van der Waals surface area contributed by atoms with E-state index in [0.29, 0.717) is 18.2 Å². The molecular formula is C19H22N4O2S2. The maximum atomic E-state index is 12.5. The summed E-state index contributed by atoms with van der Waals surface area (Å²) in [6, 6.07) is 10.2. The Bertz CT molecular complexity index is 799. The van der Waals surface area contributed by atoms with Crippen LogP contribution < -0.4 is 5.32 Å². The normalized spacial score (nSPS) is 17.7. The minimum absolute atomic E-state index is 0.00993. The number of likely N-dealkylation sites (tertiary alicyclic amines) is 1. The van der Waals surface area contributed by atoms with E-state index in [0.717, 1.165) is 35.8 Å². The second kappa shape index (κ2) is 8.39. The van der Waals surface area contributed by atoms with Crippen LogP contribution >= 0.6 is 23.1 Å². The number of piperidine rings is 1. The summed E-state index contributed by atoms with van der Waals surface area (Å²) in [5.74, 6) is 1.29. The highest BCUT2D eigenvalue weighted by Gasteiger charge is 2.36. The van der Waals surface area contributed by atoms with Crippen LogP contribution in [0.25, 0.3) is 0 Å². The molecule has 2 amide bonds. The zero-order chi connectivity index (χ0) is 18.6. The van der Waals surface area contributed by atoms with Gasteiger partial charge in [0.1, 0.15) is 0 Å². The van der Waals surface area contributed by atoms with Gasteiger partial charge in [0.2, 0.25) is 16.9 Å². The monoisotopic (exact) mass is 402 g/mol. The number of carbonyl (C=O) groups is 2. The van der Waals surface area contributed by atoms with Gasteiger partial charge in [-0.2, -0.15) is 0 Å². The Morgan fingerprint density at radius 1 is 1.07 bits per heavy atom. The number of anilines is 1. The van der Waals surface area contributed by atoms with Crippen molar-refractivity contribution in [3.8, 4) is 0 Å². The van der Waals surface area contributed by atoms with Crippen molar-refractivity contribution in [3.05, 3.63) is 35.9 Å². The lowest BCUT2D eigenvalue weighted by molar-refractivity contribution is -0.135. The number of nitrogens with one attached hydrogen (secondary N) is 1. The zero-order valence-electron chi connectivity index (χ0n) is 15.0. The summed E-state index contributed by atoms with van der Waals surface area (Å²) in [5, 5.41) is 11.7. The van der Waals surface area contributed by atoms with E-state index in [2.05, 4.69) is 27.6 Å². The number of hydrogen-bond donors (Lipinski definition) is 1. The summed E-state index contributed by atoms with van der Waals surface area (Å²) in [5.41, 5.74) is 1.23. The molecule has 1 saturated heterocycles. The Labute approximate surface area is 166 Å². The first-order valence-electron chi connectivity index (χ1n) is 9.29. The van der Waals surface area contributed by atoms with Crippen LogP contribution in [0.2, 0.25) is 0 Å². The molecule has 6 nitrogen and oxygen atoms in total. The molecule has 1 aliphatic carbocycles. The van der Waals surface area contributed by atoms with E-state index in [1.807, 2.05) is 23.1 Å². The van der Waals surface area contributed by atoms with E-state index in [4.69, 9.17) is 0 Å². The van der Waals surface area contributed by atoms with Crippen LogP contribution in [0.1, 0.15) is 31.2 Å². The Morgan fingerprint density at radius 3 is 2.52 bits per heavy atom. The van der Waals surface area contributed by atoms with Gasteiger partial charge in [-0.15, -0.1) is 10.2 Å². The van der Waals surface area contributed by atoms with Crippen molar-refractivity contribution in [1.82, 2.24) is 15.1 Å². The number of aromatic nitrogens is 2. The van der Waals surface area contributed by atoms with E-state index in [1.54, 1.807) is 11.8 Å². The highest BCUT2D eigenvalue weighted by molar-refractivity contribution is 8.00. The lowest BCUT2D eigenvalue weighted by atomic mass is 9.95. The van der Waals surface area contributed by atoms with Crippen LogP contribution in [0.15, 0.2) is 34.7 Å². The average Bonchev–Trinajstić information content (AvgIpc) is 3.47. The largest absolute Gasteiger partial charge is 0.342 e. The smallest absolute Gasteiger partial charge is 0.229 e. The summed E-state index contributed by atoms with van der Waals surface area (Å²) < 4.78 is 0.846. The van der Waals surface area contributed by atoms with E-state index < -0.39 is 0 Å². The van der Waals surface area contributed by atoms with Crippen LogP contribution in [0.3, 0.4) is 0 Å². The summed E-state index contributed by atoms with van der Waals surface area (Å²) in [4.78, 5) is 26.5. The van der Waals surface area contributed by atoms with Gasteiger partial charge < -0.3 is 10.2 Å². The number of rotatable bonds is 6. The maximum absolute atomic E-state index is 12.5. The fourth-order valence-electron chi connectivity index (χ4n) is 3.20. The lowest BCUT2D eigenvalue weighted by Gasteiger charge is -2.31. The summed E-state index contributed by atoms with van der Waals surface area (Å²) >= 11 is 3.02. The predicted molar refractivity (Wildman–Crippen MR) is 107 cm³/mol. The average molecular weight is 403 g/mol. The first-order chi connectivity index (χ1) is 13.2. The minimum atomic E-state index is -0.0578. The van der Waals surface area contributed by atoms with E-state index >= 15 is 0 Å². The minimum Gasteiger partial charge on any atom is -0.342 e. The van der Waals surface area contributed by atoms with Crippen LogP contribution in [-0.4, -0.2) is 40.0 Å². The number of carbonyl (C=O) groups excluding carboxylic acids is 2. The molecule has 1 aliphatic heterocycles. The molecule has 0 unspecified atom stereocenters. The molecule has 2 heterocycles. The SMILES string of the molecule is O=C(Nc1nnc(SCc2ccccc2)s1)C1CCN(C(=O)C2CC2)CC1. The van der Waals surface area contributed by atoms with Crippen molar-refractivity contribution in [2.24, 2.45) is 11.8 Å². The second-order valence-corrected chi connectivity index (χ2v) is 9.21. The third-order valence-corrected chi connectivity index (χ3v) is 6.99. The highest BCUT2D eigenvalue weighted by atomic mass is 32.2. The maximum Gasteiger partial charge on any atom is 0.229 e. The van der Waals surface area contributed by atoms with Crippen LogP contribution in [-0.2, 0) is 15.3 Å². The van der Waals surface area contributed by atoms with Crippen LogP contribution in [0, 0.1) is 11.8 Å². The van der Waals surface area contributed by atoms with E-state index in [9.17, 15) is 9.59 Å². The van der Waals surface area contributed by atoms with Gasteiger partial charge in [-0.3, -0.25) is 9.59 Å². The number of hydrogen-bond acceptors (Lipinski definition) is 6.